The van der Waals surface area contributed by atoms with Crippen LogP contribution in [0, 0.1) is 7.14 Å². The quantitative estimate of drug-likeness (QED) is 0.0384. The largest absolute Gasteiger partial charge is 0.482 e. The van der Waals surface area contributed by atoms with Gasteiger partial charge in [-0.1, -0.05) is 162 Å². The summed E-state index contributed by atoms with van der Waals surface area (Å²) in [6, 6.07) is 55.6. The molecule has 8 aromatic rings. The molecule has 15 heteroatoms. The van der Waals surface area contributed by atoms with Crippen molar-refractivity contribution in [3.8, 4) is 23.3 Å². The van der Waals surface area contributed by atoms with E-state index in [-0.39, 0.29) is 37.5 Å². The van der Waals surface area contributed by atoms with E-state index in [1.54, 1.807) is 13.8 Å². The maximum Gasteiger partial charge on any atom is 0.315 e. The number of halogens is 3. The molecule has 1 atom stereocenters. The first-order chi connectivity index (χ1) is 35.7. The topological polar surface area (TPSA) is 141 Å². The molecule has 12 nitrogen and oxygen atoms in total. The van der Waals surface area contributed by atoms with Crippen molar-refractivity contribution in [3.63, 3.8) is 0 Å². The Morgan fingerprint density at radius 2 is 0.890 bits per heavy atom. The third-order valence-electron chi connectivity index (χ3n) is 10.5. The Hall–Kier alpha value is -6.44. The molecule has 376 valence electrons. The molecule has 1 unspecified atom stereocenters. The molecule has 0 radical (unpaired) electrons. The number of alkyl halides is 1. The highest BCUT2D eigenvalue weighted by molar-refractivity contribution is 14.1. The summed E-state index contributed by atoms with van der Waals surface area (Å²) in [5.74, 6) is -0.132. The molecular formula is C58H55BrI2N4O8. The summed E-state index contributed by atoms with van der Waals surface area (Å²) in [4.78, 5) is 42.4. The van der Waals surface area contributed by atoms with Crippen molar-refractivity contribution < 1.29 is 38.0 Å². The van der Waals surface area contributed by atoms with E-state index in [9.17, 15) is 9.59 Å². The van der Waals surface area contributed by atoms with Gasteiger partial charge in [0.2, 0.25) is 11.5 Å². The summed E-state index contributed by atoms with van der Waals surface area (Å²) in [6.45, 7) is 5.36. The zero-order valence-electron chi connectivity index (χ0n) is 40.5. The van der Waals surface area contributed by atoms with Gasteiger partial charge in [0.25, 0.3) is 11.8 Å². The zero-order valence-corrected chi connectivity index (χ0v) is 46.4. The van der Waals surface area contributed by atoms with Crippen molar-refractivity contribution in [1.82, 2.24) is 19.9 Å². The molecule has 2 aromatic heterocycles. The third-order valence-corrected chi connectivity index (χ3v) is 12.6. The Morgan fingerprint density at radius 1 is 0.479 bits per heavy atom. The van der Waals surface area contributed by atoms with Gasteiger partial charge < -0.3 is 28.4 Å². The van der Waals surface area contributed by atoms with E-state index in [0.29, 0.717) is 61.6 Å². The molecule has 0 saturated carbocycles. The summed E-state index contributed by atoms with van der Waals surface area (Å²) >= 11 is 7.94. The van der Waals surface area contributed by atoms with E-state index >= 15 is 0 Å². The van der Waals surface area contributed by atoms with Gasteiger partial charge in [0.05, 0.1) is 19.6 Å². The predicted molar refractivity (Wildman–Crippen MR) is 302 cm³/mol. The minimum atomic E-state index is -0.683. The van der Waals surface area contributed by atoms with E-state index in [2.05, 4.69) is 105 Å². The van der Waals surface area contributed by atoms with Crippen LogP contribution in [0.25, 0.3) is 0 Å². The number of carbonyl (C=O) groups is 2. The van der Waals surface area contributed by atoms with Crippen molar-refractivity contribution in [3.05, 3.63) is 234 Å². The number of hydrogen-bond donors (Lipinski definition) is 0. The molecule has 0 aliphatic rings. The molecule has 0 fully saturated rings. The Kier molecular flexibility index (Phi) is 23.9. The Bertz CT molecular complexity index is 2870. The fraction of sp³-hybridized carbons (Fsp3) is 0.207. The van der Waals surface area contributed by atoms with Crippen molar-refractivity contribution in [2.75, 3.05) is 13.2 Å². The van der Waals surface area contributed by atoms with Crippen molar-refractivity contribution in [2.45, 2.75) is 64.4 Å². The second-order valence-electron chi connectivity index (χ2n) is 15.8. The number of carbonyl (C=O) groups excluding carboxylic acids is 2. The lowest BCUT2D eigenvalue weighted by Gasteiger charge is -2.20. The summed E-state index contributed by atoms with van der Waals surface area (Å²) in [7, 11) is 0. The van der Waals surface area contributed by atoms with Gasteiger partial charge >= 0.3 is 11.9 Å². The average molecular weight is 1270 g/mol. The molecule has 0 bridgehead atoms. The Balaban J connectivity index is 0.000000207. The number of rotatable bonds is 21. The second kappa shape index (κ2) is 31.2. The maximum absolute atomic E-state index is 13.2. The van der Waals surface area contributed by atoms with Crippen LogP contribution in [-0.4, -0.2) is 45.1 Å². The molecule has 0 amide bonds. The molecule has 0 N–H and O–H groups in total. The Morgan fingerprint density at radius 3 is 1.34 bits per heavy atom. The first-order valence-corrected chi connectivity index (χ1v) is 26.7. The normalized spacial score (nSPS) is 10.8. The Labute approximate surface area is 462 Å². The zero-order chi connectivity index (χ0) is 51.5. The number of benzene rings is 6. The van der Waals surface area contributed by atoms with E-state index < -0.39 is 5.92 Å². The minimum absolute atomic E-state index is 0.0117. The van der Waals surface area contributed by atoms with Crippen LogP contribution in [0.4, 0.5) is 0 Å². The van der Waals surface area contributed by atoms with E-state index in [0.717, 1.165) is 36.7 Å². The lowest BCUT2D eigenvalue weighted by molar-refractivity contribution is -0.145. The molecule has 6 aromatic carbocycles. The minimum Gasteiger partial charge on any atom is -0.482 e. The maximum atomic E-state index is 13.2. The van der Waals surface area contributed by atoms with Crippen molar-refractivity contribution in [2.24, 2.45) is 0 Å². The molecular weight excluding hydrogens is 1210 g/mol. The molecule has 2 heterocycles. The fourth-order valence-electron chi connectivity index (χ4n) is 6.85. The van der Waals surface area contributed by atoms with Crippen LogP contribution in [0.5, 0.6) is 23.3 Å². The highest BCUT2D eigenvalue weighted by Crippen LogP contribution is 2.36. The van der Waals surface area contributed by atoms with E-state index in [1.165, 1.54) is 21.8 Å². The number of hydrogen-bond acceptors (Lipinski definition) is 12. The molecule has 73 heavy (non-hydrogen) atoms. The van der Waals surface area contributed by atoms with Crippen LogP contribution in [0.2, 0.25) is 0 Å². The highest BCUT2D eigenvalue weighted by Gasteiger charge is 2.30. The monoisotopic (exact) mass is 1270 g/mol. The van der Waals surface area contributed by atoms with Gasteiger partial charge in [0.15, 0.2) is 0 Å². The number of nitrogens with zero attached hydrogens (tertiary/aromatic N) is 4. The van der Waals surface area contributed by atoms with Crippen molar-refractivity contribution >= 4 is 73.1 Å². The van der Waals surface area contributed by atoms with Crippen molar-refractivity contribution in [1.29, 1.82) is 0 Å². The summed E-state index contributed by atoms with van der Waals surface area (Å²) in [6.07, 6.45) is 3.17. The first-order valence-electron chi connectivity index (χ1n) is 23.5. The number of esters is 2. The predicted octanol–water partition coefficient (Wildman–Crippen LogP) is 13.1. The van der Waals surface area contributed by atoms with Crippen LogP contribution < -0.4 is 18.9 Å². The van der Waals surface area contributed by atoms with Crippen LogP contribution in [0.1, 0.15) is 64.5 Å². The van der Waals surface area contributed by atoms with Gasteiger partial charge in [-0.2, -0.15) is 9.97 Å². The summed E-state index contributed by atoms with van der Waals surface area (Å²) in [5.41, 5.74) is 7.17. The fourth-order valence-corrected chi connectivity index (χ4v) is 7.94. The summed E-state index contributed by atoms with van der Waals surface area (Å²) < 4.78 is 37.0. The van der Waals surface area contributed by atoms with Gasteiger partial charge in [0.1, 0.15) is 56.4 Å². The van der Waals surface area contributed by atoms with Gasteiger partial charge in [0, 0.05) is 12.5 Å². The molecule has 8 rings (SSSR count). The average Bonchev–Trinajstić information content (AvgIpc) is 3.43. The highest BCUT2D eigenvalue weighted by atomic mass is 127. The first kappa shape index (κ1) is 55.9. The number of ether oxygens (including phenoxy) is 6. The SMILES string of the molecule is BrCc1ccc(I)cc1.CCOC(=O)C(Cc1ccc(I)cc1)c1ncnc(OCc2ccccc2)c1OCc1ccccc1.CCOC(=O)Cc1ncnc(OCc2ccccc2)c1OCc1ccccc1. The standard InChI is InChI=1S/C29H27IN2O4.C22H22N2O4.C7H6BrI/c1-2-34-29(33)25(17-21-13-15-24(30)16-14-21)26-27(35-18-22-9-5-3-6-10-22)28(32-20-31-26)36-19-23-11-7-4-8-12-23;1-2-26-20(25)13-19-21(27-14-17-9-5-3-6-10-17)22(24-16-23-19)28-15-18-11-7-4-8-12-18;8-5-6-1-3-7(9)4-2-6/h3-16,20,25H,2,17-19H2,1H3;3-12,16H,2,13-15H2,1H3;1-4H,5H2. The summed E-state index contributed by atoms with van der Waals surface area (Å²) in [5, 5.41) is 0.948. The molecule has 0 aliphatic carbocycles. The number of aromatic nitrogens is 4. The van der Waals surface area contributed by atoms with Gasteiger partial charge in [-0.05, 0) is 123 Å². The molecule has 0 spiro atoms. The van der Waals surface area contributed by atoms with Crippen LogP contribution >= 0.6 is 61.1 Å². The van der Waals surface area contributed by atoms with Crippen LogP contribution in [0.3, 0.4) is 0 Å². The van der Waals surface area contributed by atoms with Gasteiger partial charge in [-0.3, -0.25) is 9.59 Å². The third kappa shape index (κ3) is 19.2. The second-order valence-corrected chi connectivity index (χ2v) is 18.9. The molecule has 0 aliphatic heterocycles. The van der Waals surface area contributed by atoms with Crippen LogP contribution in [-0.2, 0) is 63.7 Å². The smallest absolute Gasteiger partial charge is 0.315 e. The van der Waals surface area contributed by atoms with Crippen LogP contribution in [0.15, 0.2) is 183 Å². The molecule has 0 saturated heterocycles. The lowest BCUT2D eigenvalue weighted by atomic mass is 9.95. The van der Waals surface area contributed by atoms with E-state index in [4.69, 9.17) is 28.4 Å². The van der Waals surface area contributed by atoms with Gasteiger partial charge in [-0.25, -0.2) is 9.97 Å². The van der Waals surface area contributed by atoms with Gasteiger partial charge in [-0.15, -0.1) is 0 Å². The van der Waals surface area contributed by atoms with E-state index in [1.807, 2.05) is 146 Å². The lowest BCUT2D eigenvalue weighted by Crippen LogP contribution is -2.21.